The second-order valence-electron chi connectivity index (χ2n) is 3.11. The van der Waals surface area contributed by atoms with Crippen molar-refractivity contribution in [3.63, 3.8) is 0 Å². The maximum Gasteiger partial charge on any atom is 0.341 e. The molecule has 0 heterocycles. The number of aromatic hydroxyl groups is 1. The SMILES string of the molecule is O=C(O)c1c(Cl)cc2ccccc2c1O. The van der Waals surface area contributed by atoms with Gasteiger partial charge >= 0.3 is 5.97 Å². The van der Waals surface area contributed by atoms with Crippen LogP contribution in [0.1, 0.15) is 10.4 Å². The van der Waals surface area contributed by atoms with Crippen molar-refractivity contribution in [3.05, 3.63) is 40.9 Å². The van der Waals surface area contributed by atoms with Gasteiger partial charge in [0.05, 0.1) is 5.02 Å². The Balaban J connectivity index is 2.90. The van der Waals surface area contributed by atoms with Crippen LogP contribution in [0.3, 0.4) is 0 Å². The maximum atomic E-state index is 10.8. The molecule has 0 aliphatic rings. The second-order valence-corrected chi connectivity index (χ2v) is 3.52. The van der Waals surface area contributed by atoms with Gasteiger partial charge in [-0.3, -0.25) is 0 Å². The lowest BCUT2D eigenvalue weighted by molar-refractivity contribution is 0.0694. The van der Waals surface area contributed by atoms with E-state index in [-0.39, 0.29) is 16.3 Å². The van der Waals surface area contributed by atoms with Gasteiger partial charge < -0.3 is 10.2 Å². The monoisotopic (exact) mass is 222 g/mol. The molecule has 0 aliphatic carbocycles. The van der Waals surface area contributed by atoms with E-state index in [9.17, 15) is 9.90 Å². The first-order chi connectivity index (χ1) is 7.11. The zero-order chi connectivity index (χ0) is 11.0. The Morgan fingerprint density at radius 1 is 1.27 bits per heavy atom. The minimum absolute atomic E-state index is 0.0405. The van der Waals surface area contributed by atoms with Gasteiger partial charge in [-0.05, 0) is 11.5 Å². The molecule has 76 valence electrons. The minimum atomic E-state index is -1.23. The molecule has 4 heteroatoms. The summed E-state index contributed by atoms with van der Waals surface area (Å²) < 4.78 is 0. The number of phenols is 1. The highest BCUT2D eigenvalue weighted by Gasteiger charge is 2.17. The molecule has 0 radical (unpaired) electrons. The Morgan fingerprint density at radius 2 is 1.93 bits per heavy atom. The highest BCUT2D eigenvalue weighted by atomic mass is 35.5. The van der Waals surface area contributed by atoms with Gasteiger partial charge in [-0.15, -0.1) is 0 Å². The Labute approximate surface area is 90.5 Å². The Kier molecular flexibility index (Phi) is 2.25. The van der Waals surface area contributed by atoms with Gasteiger partial charge in [-0.2, -0.15) is 0 Å². The van der Waals surface area contributed by atoms with Gasteiger partial charge in [0.2, 0.25) is 0 Å². The van der Waals surface area contributed by atoms with E-state index in [1.807, 2.05) is 0 Å². The number of rotatable bonds is 1. The average molecular weight is 223 g/mol. The van der Waals surface area contributed by atoms with Crippen LogP contribution in [0, 0.1) is 0 Å². The van der Waals surface area contributed by atoms with Crippen LogP contribution in [-0.4, -0.2) is 16.2 Å². The van der Waals surface area contributed by atoms with Gasteiger partial charge in [-0.1, -0.05) is 35.9 Å². The summed E-state index contributed by atoms with van der Waals surface area (Å²) in [7, 11) is 0. The lowest BCUT2D eigenvalue weighted by atomic mass is 10.1. The van der Waals surface area contributed by atoms with E-state index in [2.05, 4.69) is 0 Å². The molecule has 0 spiro atoms. The number of fused-ring (bicyclic) bond motifs is 1. The van der Waals surface area contributed by atoms with E-state index in [0.717, 1.165) is 0 Å². The summed E-state index contributed by atoms with van der Waals surface area (Å²) in [6.45, 7) is 0. The van der Waals surface area contributed by atoms with Crippen molar-refractivity contribution in [1.29, 1.82) is 0 Å². The van der Waals surface area contributed by atoms with Gasteiger partial charge in [0.1, 0.15) is 11.3 Å². The molecular weight excluding hydrogens is 216 g/mol. The number of benzene rings is 2. The fraction of sp³-hybridized carbons (Fsp3) is 0. The lowest BCUT2D eigenvalue weighted by Gasteiger charge is -2.06. The van der Waals surface area contributed by atoms with Gasteiger partial charge in [-0.25, -0.2) is 4.79 Å². The van der Waals surface area contributed by atoms with Crippen LogP contribution in [0.4, 0.5) is 0 Å². The second kappa shape index (κ2) is 3.44. The topological polar surface area (TPSA) is 57.5 Å². The van der Waals surface area contributed by atoms with Crippen molar-refractivity contribution in [2.45, 2.75) is 0 Å². The summed E-state index contributed by atoms with van der Waals surface area (Å²) in [5.41, 5.74) is -0.254. The van der Waals surface area contributed by atoms with Crippen molar-refractivity contribution in [2.24, 2.45) is 0 Å². The summed E-state index contributed by atoms with van der Waals surface area (Å²) in [6.07, 6.45) is 0. The molecule has 2 aromatic rings. The van der Waals surface area contributed by atoms with Crippen LogP contribution in [-0.2, 0) is 0 Å². The number of carboxylic acid groups (broad SMARTS) is 1. The molecular formula is C11H7ClO3. The Bertz CT molecular complexity index is 549. The zero-order valence-corrected chi connectivity index (χ0v) is 8.32. The molecule has 2 N–H and O–H groups in total. The van der Waals surface area contributed by atoms with Crippen LogP contribution in [0.5, 0.6) is 5.75 Å². The molecule has 0 aliphatic heterocycles. The van der Waals surface area contributed by atoms with Crippen LogP contribution >= 0.6 is 11.6 Å². The fourth-order valence-electron chi connectivity index (χ4n) is 1.50. The Hall–Kier alpha value is -1.74. The first kappa shape index (κ1) is 9.80. The third-order valence-electron chi connectivity index (χ3n) is 2.19. The number of aromatic carboxylic acids is 1. The molecule has 0 unspecified atom stereocenters. The van der Waals surface area contributed by atoms with Crippen molar-refractivity contribution in [3.8, 4) is 5.75 Å². The van der Waals surface area contributed by atoms with Gasteiger partial charge in [0, 0.05) is 5.39 Å². The van der Waals surface area contributed by atoms with Crippen molar-refractivity contribution in [2.75, 3.05) is 0 Å². The van der Waals surface area contributed by atoms with E-state index < -0.39 is 5.97 Å². The van der Waals surface area contributed by atoms with Gasteiger partial charge in [0.25, 0.3) is 0 Å². The molecule has 0 aromatic heterocycles. The summed E-state index contributed by atoms with van der Waals surface area (Å²) in [6, 6.07) is 8.44. The largest absolute Gasteiger partial charge is 0.506 e. The van der Waals surface area contributed by atoms with E-state index in [1.54, 1.807) is 24.3 Å². The minimum Gasteiger partial charge on any atom is -0.506 e. The standard InChI is InChI=1S/C11H7ClO3/c12-8-5-6-3-1-2-4-7(6)10(13)9(8)11(14)15/h1-5,13H,(H,14,15). The molecule has 2 rings (SSSR count). The van der Waals surface area contributed by atoms with Crippen LogP contribution < -0.4 is 0 Å². The molecule has 0 bridgehead atoms. The van der Waals surface area contributed by atoms with Crippen LogP contribution in [0.2, 0.25) is 5.02 Å². The molecule has 3 nitrogen and oxygen atoms in total. The van der Waals surface area contributed by atoms with Crippen molar-refractivity contribution >= 4 is 28.3 Å². The third-order valence-corrected chi connectivity index (χ3v) is 2.49. The molecule has 0 atom stereocenters. The third kappa shape index (κ3) is 1.51. The van der Waals surface area contributed by atoms with Crippen molar-refractivity contribution in [1.82, 2.24) is 0 Å². The number of hydrogen-bond acceptors (Lipinski definition) is 2. The number of carbonyl (C=O) groups is 1. The number of halogens is 1. The summed E-state index contributed by atoms with van der Waals surface area (Å²) >= 11 is 5.76. The predicted octanol–water partition coefficient (Wildman–Crippen LogP) is 2.90. The molecule has 2 aromatic carbocycles. The first-order valence-electron chi connectivity index (χ1n) is 4.25. The smallest absolute Gasteiger partial charge is 0.341 e. The van der Waals surface area contributed by atoms with E-state index in [1.165, 1.54) is 6.07 Å². The molecule has 15 heavy (non-hydrogen) atoms. The van der Waals surface area contributed by atoms with E-state index in [4.69, 9.17) is 16.7 Å². The molecule has 0 saturated heterocycles. The normalized spacial score (nSPS) is 10.5. The average Bonchev–Trinajstić information content (AvgIpc) is 2.17. The van der Waals surface area contributed by atoms with Crippen LogP contribution in [0.15, 0.2) is 30.3 Å². The predicted molar refractivity (Wildman–Crippen MR) is 57.6 cm³/mol. The summed E-state index contributed by atoms with van der Waals surface area (Å²) in [5, 5.41) is 19.8. The van der Waals surface area contributed by atoms with Crippen molar-refractivity contribution < 1.29 is 15.0 Å². The van der Waals surface area contributed by atoms with E-state index >= 15 is 0 Å². The Morgan fingerprint density at radius 3 is 2.60 bits per heavy atom. The number of hydrogen-bond donors (Lipinski definition) is 2. The highest BCUT2D eigenvalue weighted by Crippen LogP contribution is 2.34. The van der Waals surface area contributed by atoms with Gasteiger partial charge in [0.15, 0.2) is 0 Å². The fourth-order valence-corrected chi connectivity index (χ4v) is 1.79. The molecule has 0 amide bonds. The summed E-state index contributed by atoms with van der Waals surface area (Å²) in [4.78, 5) is 10.8. The summed E-state index contributed by atoms with van der Waals surface area (Å²) in [5.74, 6) is -1.52. The maximum absolute atomic E-state index is 10.8. The first-order valence-corrected chi connectivity index (χ1v) is 4.62. The molecule has 0 fully saturated rings. The van der Waals surface area contributed by atoms with Crippen LogP contribution in [0.25, 0.3) is 10.8 Å². The highest BCUT2D eigenvalue weighted by molar-refractivity contribution is 6.35. The lowest BCUT2D eigenvalue weighted by Crippen LogP contribution is -1.98. The number of carboxylic acids is 1. The quantitative estimate of drug-likeness (QED) is 0.780. The zero-order valence-electron chi connectivity index (χ0n) is 7.57. The van der Waals surface area contributed by atoms with E-state index in [0.29, 0.717) is 10.8 Å². The molecule has 0 saturated carbocycles.